The molecule has 3 aliphatic rings. The van der Waals surface area contributed by atoms with Crippen molar-refractivity contribution in [3.05, 3.63) is 11.2 Å². The number of aromatic nitrogens is 2. The zero-order valence-electron chi connectivity index (χ0n) is 18.4. The monoisotopic (exact) mass is 472 g/mol. The Morgan fingerprint density at radius 3 is 2.77 bits per heavy atom. The Morgan fingerprint density at radius 1 is 1.13 bits per heavy atom. The number of anilines is 2. The summed E-state index contributed by atoms with van der Waals surface area (Å²) in [7, 11) is 0. The standard InChI is InChI=1S/C22H37ClN6O.ClH/c23-20-14-25-22(27-21(20)29-12-2-1-5-19(29)8-13-30)26-18-4-3-11-28(16-18)15-17-6-9-24-10-7-17;/h14,17-19,24,30H,1-13,15-16H2,(H,25,26,27);1H/t18-,19+;/m1./s1. The number of rotatable bonds is 7. The lowest BCUT2D eigenvalue weighted by Crippen LogP contribution is -2.45. The zero-order chi connectivity index (χ0) is 20.8. The number of hydrogen-bond acceptors (Lipinski definition) is 7. The molecule has 2 atom stereocenters. The van der Waals surface area contributed by atoms with Crippen LogP contribution in [0.4, 0.5) is 11.8 Å². The second-order valence-corrected chi connectivity index (χ2v) is 9.56. The number of aliphatic hydroxyl groups is 1. The summed E-state index contributed by atoms with van der Waals surface area (Å²) >= 11 is 6.50. The molecule has 4 rings (SSSR count). The maximum Gasteiger partial charge on any atom is 0.224 e. The van der Waals surface area contributed by atoms with E-state index in [1.807, 2.05) is 0 Å². The molecule has 3 saturated heterocycles. The van der Waals surface area contributed by atoms with Crippen molar-refractivity contribution in [2.75, 3.05) is 56.1 Å². The molecule has 0 unspecified atom stereocenters. The first-order valence-corrected chi connectivity index (χ1v) is 12.2. The SMILES string of the molecule is Cl.OCC[C@@H]1CCCCN1c1nc(N[C@@H]2CCCN(CC3CCNCC3)C2)ncc1Cl. The van der Waals surface area contributed by atoms with Gasteiger partial charge in [-0.15, -0.1) is 12.4 Å². The van der Waals surface area contributed by atoms with Gasteiger partial charge in [-0.2, -0.15) is 4.98 Å². The fourth-order valence-electron chi connectivity index (χ4n) is 5.31. The zero-order valence-corrected chi connectivity index (χ0v) is 20.0. The molecule has 176 valence electrons. The summed E-state index contributed by atoms with van der Waals surface area (Å²) in [5.74, 6) is 2.32. The van der Waals surface area contributed by atoms with Crippen LogP contribution in [0.1, 0.15) is 51.4 Å². The average molecular weight is 473 g/mol. The van der Waals surface area contributed by atoms with Crippen molar-refractivity contribution in [3.63, 3.8) is 0 Å². The first-order valence-electron chi connectivity index (χ1n) is 11.8. The molecule has 0 aromatic carbocycles. The number of halogens is 2. The molecule has 31 heavy (non-hydrogen) atoms. The van der Waals surface area contributed by atoms with Gasteiger partial charge in [-0.25, -0.2) is 4.98 Å². The van der Waals surface area contributed by atoms with E-state index < -0.39 is 0 Å². The third kappa shape index (κ3) is 6.81. The van der Waals surface area contributed by atoms with Gasteiger partial charge in [-0.1, -0.05) is 11.6 Å². The second-order valence-electron chi connectivity index (χ2n) is 9.16. The van der Waals surface area contributed by atoms with Crippen LogP contribution in [0.3, 0.4) is 0 Å². The van der Waals surface area contributed by atoms with E-state index in [2.05, 4.69) is 25.4 Å². The van der Waals surface area contributed by atoms with Gasteiger partial charge in [0.2, 0.25) is 5.95 Å². The molecule has 1 aromatic rings. The number of aliphatic hydroxyl groups excluding tert-OH is 1. The topological polar surface area (TPSA) is 76.6 Å². The van der Waals surface area contributed by atoms with Crippen molar-refractivity contribution >= 4 is 35.8 Å². The Hall–Kier alpha value is -0.860. The Labute approximate surface area is 197 Å². The highest BCUT2D eigenvalue weighted by molar-refractivity contribution is 6.32. The van der Waals surface area contributed by atoms with Gasteiger partial charge in [0.15, 0.2) is 5.82 Å². The molecule has 7 nitrogen and oxygen atoms in total. The lowest BCUT2D eigenvalue weighted by molar-refractivity contribution is 0.169. The molecule has 0 spiro atoms. The van der Waals surface area contributed by atoms with E-state index in [0.29, 0.717) is 23.1 Å². The van der Waals surface area contributed by atoms with Crippen LogP contribution >= 0.6 is 24.0 Å². The maximum atomic E-state index is 9.45. The summed E-state index contributed by atoms with van der Waals surface area (Å²) in [5.41, 5.74) is 0. The highest BCUT2D eigenvalue weighted by Gasteiger charge is 2.27. The predicted octanol–water partition coefficient (Wildman–Crippen LogP) is 3.17. The number of piperidine rings is 3. The fraction of sp³-hybridized carbons (Fsp3) is 0.818. The number of nitrogens with zero attached hydrogens (tertiary/aromatic N) is 4. The van der Waals surface area contributed by atoms with E-state index >= 15 is 0 Å². The molecule has 3 fully saturated rings. The quantitative estimate of drug-likeness (QED) is 0.562. The highest BCUT2D eigenvalue weighted by Crippen LogP contribution is 2.31. The first-order chi connectivity index (χ1) is 14.7. The van der Waals surface area contributed by atoms with Crippen LogP contribution < -0.4 is 15.5 Å². The minimum Gasteiger partial charge on any atom is -0.396 e. The van der Waals surface area contributed by atoms with E-state index in [1.54, 1.807) is 6.20 Å². The van der Waals surface area contributed by atoms with Crippen LogP contribution in [0.2, 0.25) is 5.02 Å². The molecule has 0 bridgehead atoms. The molecule has 3 aliphatic heterocycles. The predicted molar refractivity (Wildman–Crippen MR) is 130 cm³/mol. The second kappa shape index (κ2) is 12.4. The maximum absolute atomic E-state index is 9.45. The molecule has 1 aromatic heterocycles. The summed E-state index contributed by atoms with van der Waals surface area (Å²) in [6.07, 6.45) is 10.9. The van der Waals surface area contributed by atoms with Crippen LogP contribution in [-0.4, -0.2) is 77.9 Å². The van der Waals surface area contributed by atoms with Crippen LogP contribution in [0.5, 0.6) is 0 Å². The van der Waals surface area contributed by atoms with Crippen molar-refractivity contribution in [2.45, 2.75) is 63.5 Å². The van der Waals surface area contributed by atoms with Crippen molar-refractivity contribution in [3.8, 4) is 0 Å². The summed E-state index contributed by atoms with van der Waals surface area (Å²) in [6, 6.07) is 0.684. The van der Waals surface area contributed by atoms with Crippen molar-refractivity contribution in [1.82, 2.24) is 20.2 Å². The molecule has 0 radical (unpaired) electrons. The molecule has 0 aliphatic carbocycles. The molecule has 4 heterocycles. The van der Waals surface area contributed by atoms with Crippen LogP contribution in [-0.2, 0) is 0 Å². The molecule has 9 heteroatoms. The summed E-state index contributed by atoms with van der Waals surface area (Å²) in [4.78, 5) is 14.2. The number of hydrogen-bond donors (Lipinski definition) is 3. The van der Waals surface area contributed by atoms with Gasteiger partial charge in [0.25, 0.3) is 0 Å². The van der Waals surface area contributed by atoms with Gasteiger partial charge in [0.1, 0.15) is 5.02 Å². The molecular formula is C22H38Cl2N6O. The smallest absolute Gasteiger partial charge is 0.224 e. The Balaban J connectivity index is 0.00000272. The summed E-state index contributed by atoms with van der Waals surface area (Å²) in [5, 5.41) is 17.1. The van der Waals surface area contributed by atoms with Crippen molar-refractivity contribution in [1.29, 1.82) is 0 Å². The normalized spacial score (nSPS) is 25.8. The third-order valence-corrected chi connectivity index (χ3v) is 7.17. The third-order valence-electron chi connectivity index (χ3n) is 6.90. The Bertz CT molecular complexity index is 673. The van der Waals surface area contributed by atoms with Gasteiger partial charge in [-0.3, -0.25) is 0 Å². The number of likely N-dealkylation sites (tertiary alicyclic amines) is 1. The van der Waals surface area contributed by atoms with Crippen LogP contribution in [0.15, 0.2) is 6.20 Å². The largest absolute Gasteiger partial charge is 0.396 e. The summed E-state index contributed by atoms with van der Waals surface area (Å²) in [6.45, 7) is 6.93. The highest BCUT2D eigenvalue weighted by atomic mass is 35.5. The molecule has 3 N–H and O–H groups in total. The van der Waals surface area contributed by atoms with E-state index in [1.165, 1.54) is 38.8 Å². The van der Waals surface area contributed by atoms with Gasteiger partial charge in [-0.05, 0) is 76.9 Å². The van der Waals surface area contributed by atoms with Crippen LogP contribution in [0.25, 0.3) is 0 Å². The Kier molecular flexibility index (Phi) is 9.91. The van der Waals surface area contributed by atoms with Gasteiger partial charge in [0, 0.05) is 38.3 Å². The minimum absolute atomic E-state index is 0. The van der Waals surface area contributed by atoms with E-state index in [4.69, 9.17) is 16.6 Å². The van der Waals surface area contributed by atoms with E-state index in [-0.39, 0.29) is 19.0 Å². The van der Waals surface area contributed by atoms with Crippen LogP contribution in [0, 0.1) is 5.92 Å². The Morgan fingerprint density at radius 2 is 1.97 bits per heavy atom. The average Bonchev–Trinajstić information content (AvgIpc) is 2.77. The van der Waals surface area contributed by atoms with Gasteiger partial charge >= 0.3 is 0 Å². The van der Waals surface area contributed by atoms with Crippen molar-refractivity contribution in [2.24, 2.45) is 5.92 Å². The first kappa shape index (κ1) is 24.8. The molecular weight excluding hydrogens is 435 g/mol. The van der Waals surface area contributed by atoms with Gasteiger partial charge < -0.3 is 25.5 Å². The lowest BCUT2D eigenvalue weighted by atomic mass is 9.96. The van der Waals surface area contributed by atoms with E-state index in [0.717, 1.165) is 63.6 Å². The summed E-state index contributed by atoms with van der Waals surface area (Å²) < 4.78 is 0. The number of nitrogens with one attached hydrogen (secondary N) is 2. The van der Waals surface area contributed by atoms with Gasteiger partial charge in [0.05, 0.1) is 6.20 Å². The van der Waals surface area contributed by atoms with Crippen molar-refractivity contribution < 1.29 is 5.11 Å². The molecule has 0 amide bonds. The lowest BCUT2D eigenvalue weighted by Gasteiger charge is -2.37. The minimum atomic E-state index is 0. The molecule has 0 saturated carbocycles. The fourth-order valence-corrected chi connectivity index (χ4v) is 5.51. The van der Waals surface area contributed by atoms with E-state index in [9.17, 15) is 5.11 Å².